The van der Waals surface area contributed by atoms with Gasteiger partial charge in [0.1, 0.15) is 18.9 Å². The van der Waals surface area contributed by atoms with Crippen LogP contribution in [0, 0.1) is 13.8 Å². The molecule has 0 saturated heterocycles. The Bertz CT molecular complexity index is 1170. The van der Waals surface area contributed by atoms with E-state index in [1.807, 2.05) is 16.7 Å². The van der Waals surface area contributed by atoms with Gasteiger partial charge in [0, 0.05) is 23.0 Å². The number of Topliss-reactive ketones (excluding diaryl/α,β-unsaturated/α-hetero) is 1. The molecule has 33 heavy (non-hydrogen) atoms. The van der Waals surface area contributed by atoms with Crippen molar-refractivity contribution in [1.29, 1.82) is 0 Å². The van der Waals surface area contributed by atoms with Crippen LogP contribution in [-0.2, 0) is 13.2 Å². The number of ketones is 1. The monoisotopic (exact) mass is 498 g/mol. The molecule has 0 bridgehead atoms. The van der Waals surface area contributed by atoms with Crippen LogP contribution < -0.4 is 4.74 Å². The lowest BCUT2D eigenvalue weighted by atomic mass is 10.2. The van der Waals surface area contributed by atoms with Crippen molar-refractivity contribution in [3.8, 4) is 5.75 Å². The summed E-state index contributed by atoms with van der Waals surface area (Å²) in [5.74, 6) is 0.978. The standard InChI is InChI=1S/C22H22ClF3N4O2S/c1-13-9-16(14(2)29(13)12-22(24,25)26)18(31)11-33-21-28-27-20(30(21)15-7-8-15)10-32-19-6-4-3-5-17(19)23/h3-6,9,15H,7-8,10-12H2,1-2H3. The predicted octanol–water partition coefficient (Wildman–Crippen LogP) is 5.80. The number of ether oxygens (including phenoxy) is 1. The van der Waals surface area contributed by atoms with E-state index in [0.717, 1.165) is 17.4 Å². The maximum atomic E-state index is 12.9. The number of carbonyl (C=O) groups excluding carboxylic acids is 1. The molecule has 6 nitrogen and oxygen atoms in total. The molecule has 0 spiro atoms. The zero-order valence-corrected chi connectivity index (χ0v) is 19.6. The zero-order chi connectivity index (χ0) is 23.8. The SMILES string of the molecule is Cc1cc(C(=O)CSc2nnc(COc3ccccc3Cl)n2C2CC2)c(C)n1CC(F)(F)F. The molecule has 4 rings (SSSR count). The molecule has 3 aromatic rings. The largest absolute Gasteiger partial charge is 0.484 e. The average molecular weight is 499 g/mol. The van der Waals surface area contributed by atoms with Crippen LogP contribution in [0.15, 0.2) is 35.5 Å². The second kappa shape index (κ2) is 9.42. The number of aryl methyl sites for hydroxylation is 1. The fraction of sp³-hybridized carbons (Fsp3) is 0.409. The van der Waals surface area contributed by atoms with Crippen LogP contribution in [0.1, 0.15) is 46.5 Å². The van der Waals surface area contributed by atoms with Crippen LogP contribution in [0.3, 0.4) is 0 Å². The van der Waals surface area contributed by atoms with Crippen LogP contribution in [0.5, 0.6) is 5.75 Å². The van der Waals surface area contributed by atoms with Gasteiger partial charge in [0.2, 0.25) is 0 Å². The first-order chi connectivity index (χ1) is 15.6. The smallest absolute Gasteiger partial charge is 0.406 e. The lowest BCUT2D eigenvalue weighted by Gasteiger charge is -2.12. The number of aromatic nitrogens is 4. The lowest BCUT2D eigenvalue weighted by molar-refractivity contribution is -0.141. The summed E-state index contributed by atoms with van der Waals surface area (Å²) >= 11 is 7.37. The third kappa shape index (κ3) is 5.55. The minimum atomic E-state index is -4.35. The van der Waals surface area contributed by atoms with Gasteiger partial charge in [0.25, 0.3) is 0 Å². The van der Waals surface area contributed by atoms with Gasteiger partial charge < -0.3 is 9.30 Å². The number of para-hydroxylation sites is 1. The quantitative estimate of drug-likeness (QED) is 0.275. The van der Waals surface area contributed by atoms with E-state index in [9.17, 15) is 18.0 Å². The van der Waals surface area contributed by atoms with Crippen LogP contribution in [0.2, 0.25) is 5.02 Å². The summed E-state index contributed by atoms with van der Waals surface area (Å²) in [5, 5.41) is 9.55. The normalized spacial score (nSPS) is 14.0. The Morgan fingerprint density at radius 2 is 1.97 bits per heavy atom. The lowest BCUT2D eigenvalue weighted by Crippen LogP contribution is -2.19. The molecule has 0 atom stereocenters. The van der Waals surface area contributed by atoms with Gasteiger partial charge in [0.15, 0.2) is 16.8 Å². The number of rotatable bonds is 9. The highest BCUT2D eigenvalue weighted by Crippen LogP contribution is 2.39. The number of halogens is 4. The molecule has 1 saturated carbocycles. The van der Waals surface area contributed by atoms with E-state index >= 15 is 0 Å². The Kier molecular flexibility index (Phi) is 6.76. The highest BCUT2D eigenvalue weighted by atomic mass is 35.5. The summed E-state index contributed by atoms with van der Waals surface area (Å²) in [6.45, 7) is 2.17. The highest BCUT2D eigenvalue weighted by molar-refractivity contribution is 7.99. The molecule has 0 amide bonds. The molecule has 2 heterocycles. The summed E-state index contributed by atoms with van der Waals surface area (Å²) in [4.78, 5) is 12.8. The number of benzene rings is 1. The molecule has 176 valence electrons. The maximum Gasteiger partial charge on any atom is 0.406 e. The van der Waals surface area contributed by atoms with E-state index in [0.29, 0.717) is 38.7 Å². The Morgan fingerprint density at radius 1 is 1.24 bits per heavy atom. The first-order valence-corrected chi connectivity index (χ1v) is 11.7. The molecule has 1 aliphatic rings. The van der Waals surface area contributed by atoms with Gasteiger partial charge in [-0.2, -0.15) is 13.2 Å². The molecule has 0 N–H and O–H groups in total. The minimum Gasteiger partial charge on any atom is -0.484 e. The minimum absolute atomic E-state index is 0.0481. The summed E-state index contributed by atoms with van der Waals surface area (Å²) in [6, 6.07) is 8.90. The Labute approximate surface area is 198 Å². The second-order valence-corrected chi connectivity index (χ2v) is 9.27. The van der Waals surface area contributed by atoms with Gasteiger partial charge >= 0.3 is 6.18 Å². The maximum absolute atomic E-state index is 12.9. The van der Waals surface area contributed by atoms with E-state index in [1.165, 1.54) is 24.8 Å². The van der Waals surface area contributed by atoms with Crippen molar-refractivity contribution in [2.75, 3.05) is 5.75 Å². The van der Waals surface area contributed by atoms with Crippen LogP contribution in [0.25, 0.3) is 0 Å². The van der Waals surface area contributed by atoms with Gasteiger partial charge in [0.05, 0.1) is 10.8 Å². The number of hydrogen-bond acceptors (Lipinski definition) is 5. The topological polar surface area (TPSA) is 61.9 Å². The van der Waals surface area contributed by atoms with Gasteiger partial charge in [-0.15, -0.1) is 10.2 Å². The average Bonchev–Trinajstić information content (AvgIpc) is 3.46. The summed E-state index contributed by atoms with van der Waals surface area (Å²) in [6.07, 6.45) is -2.39. The third-order valence-electron chi connectivity index (χ3n) is 5.38. The van der Waals surface area contributed by atoms with E-state index in [-0.39, 0.29) is 24.2 Å². The highest BCUT2D eigenvalue weighted by Gasteiger charge is 2.32. The van der Waals surface area contributed by atoms with E-state index in [4.69, 9.17) is 16.3 Å². The zero-order valence-electron chi connectivity index (χ0n) is 18.0. The fourth-order valence-corrected chi connectivity index (χ4v) is 4.72. The van der Waals surface area contributed by atoms with Crippen molar-refractivity contribution < 1.29 is 22.7 Å². The van der Waals surface area contributed by atoms with E-state index in [2.05, 4.69) is 10.2 Å². The predicted molar refractivity (Wildman–Crippen MR) is 119 cm³/mol. The third-order valence-corrected chi connectivity index (χ3v) is 6.64. The van der Waals surface area contributed by atoms with Crippen molar-refractivity contribution >= 4 is 29.1 Å². The van der Waals surface area contributed by atoms with Crippen molar-refractivity contribution in [3.05, 3.63) is 58.1 Å². The van der Waals surface area contributed by atoms with Gasteiger partial charge in [-0.05, 0) is 44.9 Å². The van der Waals surface area contributed by atoms with Crippen LogP contribution in [0.4, 0.5) is 13.2 Å². The number of carbonyl (C=O) groups is 1. The van der Waals surface area contributed by atoms with E-state index in [1.54, 1.807) is 19.1 Å². The number of hydrogen-bond donors (Lipinski definition) is 0. The molecular weight excluding hydrogens is 477 g/mol. The van der Waals surface area contributed by atoms with Crippen molar-refractivity contribution in [3.63, 3.8) is 0 Å². The fourth-order valence-electron chi connectivity index (χ4n) is 3.62. The number of thioether (sulfide) groups is 1. The molecule has 1 aliphatic carbocycles. The molecular formula is C22H22ClF3N4O2S. The number of alkyl halides is 3. The Morgan fingerprint density at radius 3 is 2.64 bits per heavy atom. The molecule has 2 aromatic heterocycles. The molecule has 1 fully saturated rings. The summed E-state index contributed by atoms with van der Waals surface area (Å²) in [5.41, 5.74) is 1.01. The van der Waals surface area contributed by atoms with Gasteiger partial charge in [-0.1, -0.05) is 35.5 Å². The second-order valence-electron chi connectivity index (χ2n) is 7.92. The molecule has 0 radical (unpaired) electrons. The van der Waals surface area contributed by atoms with E-state index < -0.39 is 12.7 Å². The van der Waals surface area contributed by atoms with Gasteiger partial charge in [-0.25, -0.2) is 0 Å². The van der Waals surface area contributed by atoms with Crippen LogP contribution >= 0.6 is 23.4 Å². The van der Waals surface area contributed by atoms with Crippen molar-refractivity contribution in [1.82, 2.24) is 19.3 Å². The Hall–Kier alpha value is -2.46. The Balaban J connectivity index is 1.45. The first-order valence-electron chi connectivity index (χ1n) is 10.3. The molecule has 0 unspecified atom stereocenters. The van der Waals surface area contributed by atoms with Gasteiger partial charge in [-0.3, -0.25) is 9.36 Å². The van der Waals surface area contributed by atoms with Crippen molar-refractivity contribution in [2.45, 2.75) is 57.2 Å². The van der Waals surface area contributed by atoms with Crippen molar-refractivity contribution in [2.24, 2.45) is 0 Å². The molecule has 11 heteroatoms. The van der Waals surface area contributed by atoms with Crippen LogP contribution in [-0.4, -0.2) is 37.0 Å². The summed E-state index contributed by atoms with van der Waals surface area (Å²) in [7, 11) is 0. The first kappa shape index (κ1) is 23.7. The summed E-state index contributed by atoms with van der Waals surface area (Å²) < 4.78 is 47.5. The number of nitrogens with zero attached hydrogens (tertiary/aromatic N) is 4. The molecule has 0 aliphatic heterocycles. The molecule has 1 aromatic carbocycles.